The van der Waals surface area contributed by atoms with Crippen LogP contribution in [0.1, 0.15) is 0 Å². The highest BCUT2D eigenvalue weighted by atomic mass is 35.5. The average molecular weight is 316 g/mol. The van der Waals surface area contributed by atoms with Gasteiger partial charge in [0.2, 0.25) is 12.7 Å². The number of ether oxygens (including phenoxy) is 1. The second kappa shape index (κ2) is 6.98. The summed E-state index contributed by atoms with van der Waals surface area (Å²) >= 11 is 5.86. The first-order valence-electron chi connectivity index (χ1n) is 6.68. The molecule has 2 aromatic carbocycles. The molecule has 0 amide bonds. The van der Waals surface area contributed by atoms with Crippen LogP contribution >= 0.6 is 11.6 Å². The van der Waals surface area contributed by atoms with E-state index in [9.17, 15) is 0 Å². The van der Waals surface area contributed by atoms with E-state index >= 15 is 0 Å². The van der Waals surface area contributed by atoms with E-state index in [-0.39, 0.29) is 6.79 Å². The first-order valence-corrected chi connectivity index (χ1v) is 7.06. The van der Waals surface area contributed by atoms with Gasteiger partial charge < -0.3 is 4.74 Å². The molecule has 0 saturated heterocycles. The minimum atomic E-state index is 0.0481. The molecule has 0 fully saturated rings. The summed E-state index contributed by atoms with van der Waals surface area (Å²) in [5, 5.41) is 4.99. The van der Waals surface area contributed by atoms with Crippen LogP contribution in [0.2, 0.25) is 5.02 Å². The van der Waals surface area contributed by atoms with Crippen LogP contribution in [0.5, 0.6) is 5.88 Å². The Bertz CT molecular complexity index is 714. The lowest BCUT2D eigenvalue weighted by Gasteiger charge is -2.06. The van der Waals surface area contributed by atoms with Gasteiger partial charge in [-0.25, -0.2) is 9.52 Å². The standard InChI is InChI=1S/C16H14ClN3O2/c17-13-6-8-15(9-7-13)20-11-10-16(18-20)21-12-22-19-14-4-2-1-3-5-14/h1-11,19H,12H2. The van der Waals surface area contributed by atoms with E-state index in [2.05, 4.69) is 10.6 Å². The molecule has 22 heavy (non-hydrogen) atoms. The molecular weight excluding hydrogens is 302 g/mol. The summed E-state index contributed by atoms with van der Waals surface area (Å²) in [6.07, 6.45) is 1.81. The molecule has 5 nitrogen and oxygen atoms in total. The Morgan fingerprint density at radius 2 is 1.77 bits per heavy atom. The van der Waals surface area contributed by atoms with Gasteiger partial charge in [-0.3, -0.25) is 5.48 Å². The molecule has 3 rings (SSSR count). The first-order chi connectivity index (χ1) is 10.8. The van der Waals surface area contributed by atoms with Gasteiger partial charge in [-0.05, 0) is 36.4 Å². The minimum Gasteiger partial charge on any atom is -0.447 e. The predicted molar refractivity (Wildman–Crippen MR) is 85.2 cm³/mol. The second-order valence-corrected chi connectivity index (χ2v) is 4.89. The van der Waals surface area contributed by atoms with Gasteiger partial charge in [-0.1, -0.05) is 29.8 Å². The number of benzene rings is 2. The fourth-order valence-electron chi connectivity index (χ4n) is 1.83. The van der Waals surface area contributed by atoms with Gasteiger partial charge in [0.1, 0.15) is 0 Å². The van der Waals surface area contributed by atoms with E-state index in [0.29, 0.717) is 10.9 Å². The molecule has 0 atom stereocenters. The van der Waals surface area contributed by atoms with E-state index in [0.717, 1.165) is 11.4 Å². The molecule has 0 bridgehead atoms. The van der Waals surface area contributed by atoms with Crippen LogP contribution in [0.4, 0.5) is 5.69 Å². The molecule has 0 saturated carbocycles. The third kappa shape index (κ3) is 3.78. The quantitative estimate of drug-likeness (QED) is 0.426. The second-order valence-electron chi connectivity index (χ2n) is 4.45. The summed E-state index contributed by atoms with van der Waals surface area (Å²) in [4.78, 5) is 5.22. The van der Waals surface area contributed by atoms with Crippen molar-refractivity contribution in [3.8, 4) is 11.6 Å². The SMILES string of the molecule is Clc1ccc(-n2ccc(OCONc3ccccc3)n2)cc1. The average Bonchev–Trinajstić information content (AvgIpc) is 3.02. The maximum Gasteiger partial charge on any atom is 0.235 e. The van der Waals surface area contributed by atoms with Crippen LogP contribution in [0.3, 0.4) is 0 Å². The maximum atomic E-state index is 5.86. The number of anilines is 1. The number of aromatic nitrogens is 2. The van der Waals surface area contributed by atoms with Crippen LogP contribution in [-0.2, 0) is 4.84 Å². The summed E-state index contributed by atoms with van der Waals surface area (Å²) in [7, 11) is 0. The van der Waals surface area contributed by atoms with Crippen molar-refractivity contribution in [3.05, 3.63) is 71.9 Å². The smallest absolute Gasteiger partial charge is 0.235 e. The first kappa shape index (κ1) is 14.4. The van der Waals surface area contributed by atoms with E-state index in [1.807, 2.05) is 60.8 Å². The van der Waals surface area contributed by atoms with Crippen molar-refractivity contribution >= 4 is 17.3 Å². The number of rotatable bonds is 6. The van der Waals surface area contributed by atoms with Gasteiger partial charge in [-0.15, -0.1) is 5.10 Å². The monoisotopic (exact) mass is 315 g/mol. The minimum absolute atomic E-state index is 0.0481. The molecule has 1 aromatic heterocycles. The molecule has 0 unspecified atom stereocenters. The topological polar surface area (TPSA) is 48.3 Å². The lowest BCUT2D eigenvalue weighted by Crippen LogP contribution is -2.08. The Hall–Kier alpha value is -2.50. The molecular formula is C16H14ClN3O2. The largest absolute Gasteiger partial charge is 0.447 e. The molecule has 0 aliphatic carbocycles. The van der Waals surface area contributed by atoms with Crippen molar-refractivity contribution in [1.29, 1.82) is 0 Å². The molecule has 0 radical (unpaired) electrons. The lowest BCUT2D eigenvalue weighted by atomic mass is 10.3. The fraction of sp³-hybridized carbons (Fsp3) is 0.0625. The zero-order valence-electron chi connectivity index (χ0n) is 11.6. The van der Waals surface area contributed by atoms with Crippen molar-refractivity contribution in [1.82, 2.24) is 9.78 Å². The number of halogens is 1. The summed E-state index contributed by atoms with van der Waals surface area (Å²) in [5.74, 6) is 0.477. The normalized spacial score (nSPS) is 10.4. The van der Waals surface area contributed by atoms with Gasteiger partial charge in [0.15, 0.2) is 0 Å². The molecule has 3 aromatic rings. The number of hydrogen-bond donors (Lipinski definition) is 1. The van der Waals surface area contributed by atoms with Gasteiger partial charge in [0, 0.05) is 17.3 Å². The Kier molecular flexibility index (Phi) is 4.58. The Labute approximate surface area is 133 Å². The van der Waals surface area contributed by atoms with E-state index in [1.54, 1.807) is 10.7 Å². The van der Waals surface area contributed by atoms with Crippen molar-refractivity contribution in [3.63, 3.8) is 0 Å². The van der Waals surface area contributed by atoms with Crippen molar-refractivity contribution in [2.75, 3.05) is 12.3 Å². The van der Waals surface area contributed by atoms with E-state index < -0.39 is 0 Å². The highest BCUT2D eigenvalue weighted by molar-refractivity contribution is 6.30. The summed E-state index contributed by atoms with van der Waals surface area (Å²) < 4.78 is 7.12. The number of nitrogens with one attached hydrogen (secondary N) is 1. The molecule has 1 heterocycles. The number of hydrogen-bond acceptors (Lipinski definition) is 4. The Morgan fingerprint density at radius 3 is 2.55 bits per heavy atom. The fourth-order valence-corrected chi connectivity index (χ4v) is 1.96. The molecule has 112 valence electrons. The van der Waals surface area contributed by atoms with Gasteiger partial charge in [0.25, 0.3) is 0 Å². The summed E-state index contributed by atoms with van der Waals surface area (Å²) in [5.41, 5.74) is 4.55. The predicted octanol–water partition coefficient (Wildman–Crippen LogP) is 3.91. The van der Waals surface area contributed by atoms with Gasteiger partial charge in [0.05, 0.1) is 11.4 Å². The van der Waals surface area contributed by atoms with Crippen molar-refractivity contribution < 1.29 is 9.57 Å². The zero-order valence-corrected chi connectivity index (χ0v) is 12.4. The Morgan fingerprint density at radius 1 is 1.00 bits per heavy atom. The zero-order chi connectivity index (χ0) is 15.2. The third-order valence-electron chi connectivity index (χ3n) is 2.89. The van der Waals surface area contributed by atoms with Crippen molar-refractivity contribution in [2.45, 2.75) is 0 Å². The number of para-hydroxylation sites is 1. The van der Waals surface area contributed by atoms with Gasteiger partial charge in [-0.2, -0.15) is 0 Å². The number of nitrogens with zero attached hydrogens (tertiary/aromatic N) is 2. The maximum absolute atomic E-state index is 5.86. The van der Waals surface area contributed by atoms with E-state index in [1.165, 1.54) is 0 Å². The van der Waals surface area contributed by atoms with Crippen LogP contribution < -0.4 is 10.2 Å². The summed E-state index contributed by atoms with van der Waals surface area (Å²) in [6, 6.07) is 18.7. The molecule has 0 aliphatic rings. The van der Waals surface area contributed by atoms with Crippen LogP contribution in [-0.4, -0.2) is 16.6 Å². The molecule has 6 heteroatoms. The molecule has 0 spiro atoms. The van der Waals surface area contributed by atoms with E-state index in [4.69, 9.17) is 21.2 Å². The molecule has 1 N–H and O–H groups in total. The highest BCUT2D eigenvalue weighted by Gasteiger charge is 2.02. The lowest BCUT2D eigenvalue weighted by molar-refractivity contribution is 0.0457. The summed E-state index contributed by atoms with van der Waals surface area (Å²) in [6.45, 7) is 0.0481. The molecule has 0 aliphatic heterocycles. The van der Waals surface area contributed by atoms with Crippen molar-refractivity contribution in [2.24, 2.45) is 0 Å². The Balaban J connectivity index is 1.50. The third-order valence-corrected chi connectivity index (χ3v) is 3.14. The van der Waals surface area contributed by atoms with Crippen LogP contribution in [0, 0.1) is 0 Å². The van der Waals surface area contributed by atoms with Crippen LogP contribution in [0.15, 0.2) is 66.9 Å². The highest BCUT2D eigenvalue weighted by Crippen LogP contribution is 2.15. The van der Waals surface area contributed by atoms with Crippen LogP contribution in [0.25, 0.3) is 5.69 Å². The van der Waals surface area contributed by atoms with Gasteiger partial charge >= 0.3 is 0 Å².